The molecule has 0 unspecified atom stereocenters. The molecule has 0 saturated heterocycles. The lowest BCUT2D eigenvalue weighted by Gasteiger charge is -2.04. The van der Waals surface area contributed by atoms with E-state index in [0.717, 1.165) is 20.1 Å². The van der Waals surface area contributed by atoms with E-state index in [0.29, 0.717) is 0 Å². The molecule has 12 heavy (non-hydrogen) atoms. The Hall–Kier alpha value is -0.150. The van der Waals surface area contributed by atoms with Crippen LogP contribution in [-0.2, 0) is 0 Å². The largest absolute Gasteiger partial charge is 0.294 e. The molecule has 0 spiro atoms. The number of rotatable bonds is 1. The van der Waals surface area contributed by atoms with Crippen LogP contribution in [0.1, 0.15) is 22.8 Å². The summed E-state index contributed by atoms with van der Waals surface area (Å²) in [4.78, 5) is 11.2. The third-order valence-corrected chi connectivity index (χ3v) is 2.69. The van der Waals surface area contributed by atoms with Gasteiger partial charge < -0.3 is 0 Å². The molecular weight excluding hydrogens is 284 g/mol. The summed E-state index contributed by atoms with van der Waals surface area (Å²) in [6.07, 6.45) is 0. The molecule has 0 amide bonds. The summed E-state index contributed by atoms with van der Waals surface area (Å²) in [5, 5.41) is 0. The molecule has 1 aromatic carbocycles. The first-order valence-corrected chi connectivity index (χ1v) is 5.07. The second-order valence-electron chi connectivity index (χ2n) is 2.64. The fourth-order valence-electron chi connectivity index (χ4n) is 1.15. The van der Waals surface area contributed by atoms with Gasteiger partial charge in [-0.3, -0.25) is 4.79 Å². The number of benzene rings is 1. The Morgan fingerprint density at radius 2 is 1.92 bits per heavy atom. The predicted octanol–water partition coefficient (Wildman–Crippen LogP) is 3.72. The van der Waals surface area contributed by atoms with Gasteiger partial charge >= 0.3 is 0 Å². The summed E-state index contributed by atoms with van der Waals surface area (Å²) in [5.41, 5.74) is 1.75. The summed E-state index contributed by atoms with van der Waals surface area (Å²) in [6, 6.07) is 3.81. The Morgan fingerprint density at radius 3 is 2.33 bits per heavy atom. The van der Waals surface area contributed by atoms with Crippen LogP contribution >= 0.6 is 31.9 Å². The number of halogens is 2. The Morgan fingerprint density at radius 1 is 1.33 bits per heavy atom. The molecule has 0 aliphatic carbocycles. The Kier molecular flexibility index (Phi) is 3.07. The zero-order valence-electron chi connectivity index (χ0n) is 6.82. The molecule has 0 N–H and O–H groups in total. The van der Waals surface area contributed by atoms with Gasteiger partial charge in [-0.1, -0.05) is 15.9 Å². The maximum Gasteiger partial charge on any atom is 0.161 e. The summed E-state index contributed by atoms with van der Waals surface area (Å²) in [5.74, 6) is 0.0897. The molecule has 0 fully saturated rings. The van der Waals surface area contributed by atoms with Crippen molar-refractivity contribution in [3.8, 4) is 0 Å². The highest BCUT2D eigenvalue weighted by molar-refractivity contribution is 9.11. The lowest BCUT2D eigenvalue weighted by molar-refractivity contribution is 0.101. The molecule has 0 bridgehead atoms. The number of Topliss-reactive ketones (excluding diaryl/α,β-unsaturated/α-hetero) is 1. The minimum Gasteiger partial charge on any atom is -0.294 e. The van der Waals surface area contributed by atoms with Gasteiger partial charge in [0.05, 0.1) is 0 Å². The summed E-state index contributed by atoms with van der Waals surface area (Å²) in [7, 11) is 0. The van der Waals surface area contributed by atoms with E-state index in [2.05, 4.69) is 31.9 Å². The van der Waals surface area contributed by atoms with E-state index in [-0.39, 0.29) is 5.78 Å². The van der Waals surface area contributed by atoms with Crippen molar-refractivity contribution in [3.05, 3.63) is 32.2 Å². The van der Waals surface area contributed by atoms with Gasteiger partial charge in [-0.25, -0.2) is 0 Å². The van der Waals surface area contributed by atoms with E-state index in [1.165, 1.54) is 0 Å². The smallest absolute Gasteiger partial charge is 0.161 e. The van der Waals surface area contributed by atoms with Gasteiger partial charge in [-0.15, -0.1) is 0 Å². The Balaban J connectivity index is 3.38. The molecule has 64 valence electrons. The Labute approximate surface area is 88.4 Å². The van der Waals surface area contributed by atoms with Crippen molar-refractivity contribution in [1.82, 2.24) is 0 Å². The van der Waals surface area contributed by atoms with Crippen LogP contribution in [0.25, 0.3) is 0 Å². The zero-order chi connectivity index (χ0) is 9.30. The number of hydrogen-bond donors (Lipinski definition) is 0. The van der Waals surface area contributed by atoms with Crippen molar-refractivity contribution in [2.24, 2.45) is 0 Å². The van der Waals surface area contributed by atoms with Crippen molar-refractivity contribution in [2.45, 2.75) is 13.8 Å². The van der Waals surface area contributed by atoms with Crippen molar-refractivity contribution in [3.63, 3.8) is 0 Å². The number of carbonyl (C=O) groups is 1. The maximum absolute atomic E-state index is 11.2. The quantitative estimate of drug-likeness (QED) is 0.721. The van der Waals surface area contributed by atoms with E-state index < -0.39 is 0 Å². The number of carbonyl (C=O) groups excluding carboxylic acids is 1. The minimum atomic E-state index is 0.0897. The summed E-state index contributed by atoms with van der Waals surface area (Å²) in [6.45, 7) is 3.49. The maximum atomic E-state index is 11.2. The molecule has 0 atom stereocenters. The number of ketones is 1. The first-order chi connectivity index (χ1) is 5.52. The van der Waals surface area contributed by atoms with Gasteiger partial charge in [-0.05, 0) is 47.5 Å². The molecule has 3 heteroatoms. The third kappa shape index (κ3) is 1.96. The van der Waals surface area contributed by atoms with E-state index in [4.69, 9.17) is 0 Å². The average molecular weight is 292 g/mol. The second-order valence-corrected chi connectivity index (χ2v) is 4.41. The lowest BCUT2D eigenvalue weighted by atomic mass is 10.1. The number of aryl methyl sites for hydroxylation is 1. The first-order valence-electron chi connectivity index (χ1n) is 3.49. The molecule has 0 saturated carbocycles. The van der Waals surface area contributed by atoms with E-state index >= 15 is 0 Å². The van der Waals surface area contributed by atoms with E-state index in [1.807, 2.05) is 19.1 Å². The first kappa shape index (κ1) is 9.93. The second kappa shape index (κ2) is 3.71. The molecule has 0 radical (unpaired) electrons. The topological polar surface area (TPSA) is 17.1 Å². The Bertz CT molecular complexity index is 308. The molecule has 1 nitrogen and oxygen atoms in total. The van der Waals surface area contributed by atoms with Crippen LogP contribution in [0.15, 0.2) is 21.1 Å². The van der Waals surface area contributed by atoms with Gasteiger partial charge in [-0.2, -0.15) is 0 Å². The SMILES string of the molecule is CC(=O)c1c(C)cc(Br)cc1Br. The fourth-order valence-corrected chi connectivity index (χ4v) is 2.87. The zero-order valence-corrected chi connectivity index (χ0v) is 9.99. The molecule has 0 aliphatic rings. The third-order valence-electron chi connectivity index (χ3n) is 1.60. The molecule has 0 aliphatic heterocycles. The van der Waals surface area contributed by atoms with Crippen LogP contribution in [0.5, 0.6) is 0 Å². The molecule has 1 aromatic rings. The van der Waals surface area contributed by atoms with Crippen molar-refractivity contribution >= 4 is 37.6 Å². The summed E-state index contributed by atoms with van der Waals surface area (Å²) >= 11 is 6.70. The fraction of sp³-hybridized carbons (Fsp3) is 0.222. The van der Waals surface area contributed by atoms with Crippen LogP contribution in [0.2, 0.25) is 0 Å². The molecule has 1 rings (SSSR count). The lowest BCUT2D eigenvalue weighted by Crippen LogP contribution is -1.97. The number of hydrogen-bond acceptors (Lipinski definition) is 1. The molecule has 0 aromatic heterocycles. The van der Waals surface area contributed by atoms with E-state index in [1.54, 1.807) is 6.92 Å². The predicted molar refractivity (Wildman–Crippen MR) is 56.6 cm³/mol. The van der Waals surface area contributed by atoms with Gasteiger partial charge in [0.15, 0.2) is 5.78 Å². The summed E-state index contributed by atoms with van der Waals surface area (Å²) < 4.78 is 1.83. The van der Waals surface area contributed by atoms with Crippen LogP contribution < -0.4 is 0 Å². The minimum absolute atomic E-state index is 0.0897. The van der Waals surface area contributed by atoms with Gasteiger partial charge in [0, 0.05) is 14.5 Å². The van der Waals surface area contributed by atoms with Crippen LogP contribution in [0.4, 0.5) is 0 Å². The highest BCUT2D eigenvalue weighted by atomic mass is 79.9. The van der Waals surface area contributed by atoms with Gasteiger partial charge in [0.25, 0.3) is 0 Å². The average Bonchev–Trinajstić information content (AvgIpc) is 1.82. The highest BCUT2D eigenvalue weighted by Gasteiger charge is 2.08. The standard InChI is InChI=1S/C9H8Br2O/c1-5-3-7(10)4-8(11)9(5)6(2)12/h3-4H,1-2H3. The normalized spacial score (nSPS) is 10.0. The molecular formula is C9H8Br2O. The van der Waals surface area contributed by atoms with Crippen molar-refractivity contribution in [1.29, 1.82) is 0 Å². The van der Waals surface area contributed by atoms with Crippen molar-refractivity contribution in [2.75, 3.05) is 0 Å². The van der Waals surface area contributed by atoms with Crippen LogP contribution in [0.3, 0.4) is 0 Å². The van der Waals surface area contributed by atoms with Crippen molar-refractivity contribution < 1.29 is 4.79 Å². The monoisotopic (exact) mass is 290 g/mol. The van der Waals surface area contributed by atoms with Gasteiger partial charge in [0.2, 0.25) is 0 Å². The molecule has 0 heterocycles. The van der Waals surface area contributed by atoms with Gasteiger partial charge in [0.1, 0.15) is 0 Å². The van der Waals surface area contributed by atoms with Crippen LogP contribution in [0, 0.1) is 6.92 Å². The van der Waals surface area contributed by atoms with Crippen LogP contribution in [-0.4, -0.2) is 5.78 Å². The van der Waals surface area contributed by atoms with E-state index in [9.17, 15) is 4.79 Å². The highest BCUT2D eigenvalue weighted by Crippen LogP contribution is 2.25.